The molecule has 1 aliphatic heterocycles. The molecule has 0 aliphatic carbocycles. The molecule has 1 N–H and O–H groups in total. The summed E-state index contributed by atoms with van der Waals surface area (Å²) in [6.45, 7) is 3.55. The van der Waals surface area contributed by atoms with Gasteiger partial charge in [-0.2, -0.15) is 5.10 Å². The lowest BCUT2D eigenvalue weighted by molar-refractivity contribution is 0.102. The highest BCUT2D eigenvalue weighted by Gasteiger charge is 2.18. The highest BCUT2D eigenvalue weighted by molar-refractivity contribution is 6.03. The van der Waals surface area contributed by atoms with Crippen LogP contribution < -0.4 is 10.2 Å². The highest BCUT2D eigenvalue weighted by Crippen LogP contribution is 2.23. The van der Waals surface area contributed by atoms with Crippen molar-refractivity contribution in [2.45, 2.75) is 0 Å². The van der Waals surface area contributed by atoms with E-state index < -0.39 is 0 Å². The normalized spacial score (nSPS) is 14.6. The number of hydrogen-bond acceptors (Lipinski definition) is 8. The third-order valence-electron chi connectivity index (χ3n) is 5.51. The summed E-state index contributed by atoms with van der Waals surface area (Å²) in [5.74, 6) is 0.700. The molecule has 5 rings (SSSR count). The number of piperazine rings is 1. The number of rotatable bonds is 4. The predicted molar refractivity (Wildman–Crippen MR) is 121 cm³/mol. The minimum atomic E-state index is -0.323. The van der Waals surface area contributed by atoms with Gasteiger partial charge in [0.2, 0.25) is 5.95 Å². The minimum Gasteiger partial charge on any atom is -0.338 e. The van der Waals surface area contributed by atoms with Crippen molar-refractivity contribution < 1.29 is 4.79 Å². The van der Waals surface area contributed by atoms with E-state index in [2.05, 4.69) is 47.2 Å². The monoisotopic (exact) mass is 429 g/mol. The molecule has 4 aromatic rings. The van der Waals surface area contributed by atoms with Gasteiger partial charge in [0.15, 0.2) is 0 Å². The number of pyridine rings is 2. The number of likely N-dealkylation sites (N-methyl/N-ethyl adjacent to an activating group) is 1. The first kappa shape index (κ1) is 20.0. The summed E-state index contributed by atoms with van der Waals surface area (Å²) >= 11 is 0. The lowest BCUT2D eigenvalue weighted by Crippen LogP contribution is -2.45. The number of fused-ring (bicyclic) bond motifs is 1. The lowest BCUT2D eigenvalue weighted by Gasteiger charge is -2.32. The molecular weight excluding hydrogens is 406 g/mol. The highest BCUT2D eigenvalue weighted by atomic mass is 16.1. The second kappa shape index (κ2) is 8.31. The molecule has 0 saturated carbocycles. The summed E-state index contributed by atoms with van der Waals surface area (Å²) in [7, 11) is 3.96. The minimum absolute atomic E-state index is 0.307. The Morgan fingerprint density at radius 3 is 2.56 bits per heavy atom. The van der Waals surface area contributed by atoms with Gasteiger partial charge in [-0.05, 0) is 30.6 Å². The molecule has 0 unspecified atom stereocenters. The second-order valence-corrected chi connectivity index (χ2v) is 7.88. The van der Waals surface area contributed by atoms with Gasteiger partial charge in [0.1, 0.15) is 11.5 Å². The van der Waals surface area contributed by atoms with Gasteiger partial charge in [0.05, 0.1) is 11.9 Å². The largest absolute Gasteiger partial charge is 0.338 e. The van der Waals surface area contributed by atoms with Crippen LogP contribution in [0.25, 0.3) is 22.0 Å². The number of anilines is 2. The zero-order chi connectivity index (χ0) is 22.1. The molecular formula is C22H23N9O. The maximum absolute atomic E-state index is 12.8. The standard InChI is InChI=1S/C22H23N9O/c1-29-5-7-31(8-6-29)22-23-4-3-18(27-22)21(32)28-20-10-15-9-19(17-13-26-30(2)14-17)24-11-16(15)12-25-20/h3-4,9-14H,5-8H2,1-2H3,(H,25,28,32). The van der Waals surface area contributed by atoms with Gasteiger partial charge in [0, 0.05) is 69.0 Å². The molecule has 0 radical (unpaired) electrons. The van der Waals surface area contributed by atoms with Crippen molar-refractivity contribution in [1.29, 1.82) is 0 Å². The van der Waals surface area contributed by atoms with E-state index in [4.69, 9.17) is 0 Å². The number of hydrogen-bond donors (Lipinski definition) is 1. The van der Waals surface area contributed by atoms with Crippen molar-refractivity contribution in [1.82, 2.24) is 34.6 Å². The zero-order valence-electron chi connectivity index (χ0n) is 17.9. The molecule has 0 atom stereocenters. The number of nitrogens with zero attached hydrogens (tertiary/aromatic N) is 8. The van der Waals surface area contributed by atoms with Gasteiger partial charge in [-0.15, -0.1) is 0 Å². The van der Waals surface area contributed by atoms with Crippen molar-refractivity contribution >= 4 is 28.4 Å². The summed E-state index contributed by atoms with van der Waals surface area (Å²) < 4.78 is 1.73. The molecule has 1 aliphatic rings. The van der Waals surface area contributed by atoms with E-state index in [1.54, 1.807) is 35.5 Å². The van der Waals surface area contributed by atoms with E-state index in [0.29, 0.717) is 17.5 Å². The molecule has 0 spiro atoms. The summed E-state index contributed by atoms with van der Waals surface area (Å²) in [6, 6.07) is 5.40. The van der Waals surface area contributed by atoms with Gasteiger partial charge in [-0.25, -0.2) is 15.0 Å². The molecule has 32 heavy (non-hydrogen) atoms. The van der Waals surface area contributed by atoms with Crippen LogP contribution in [-0.2, 0) is 7.05 Å². The average molecular weight is 429 g/mol. The molecule has 5 heterocycles. The summed E-state index contributed by atoms with van der Waals surface area (Å²) in [6.07, 6.45) is 8.76. The SMILES string of the molecule is CN1CCN(c2nccc(C(=O)Nc3cc4cc(-c5cnn(C)c5)ncc4cn3)n2)CC1. The number of nitrogens with one attached hydrogen (secondary N) is 1. The van der Waals surface area contributed by atoms with Crippen LogP contribution in [0.5, 0.6) is 0 Å². The van der Waals surface area contributed by atoms with E-state index in [1.807, 2.05) is 25.4 Å². The predicted octanol–water partition coefficient (Wildman–Crippen LogP) is 1.82. The fraction of sp³-hybridized carbons (Fsp3) is 0.273. The van der Waals surface area contributed by atoms with Crippen LogP contribution in [0, 0.1) is 0 Å². The fourth-order valence-electron chi connectivity index (χ4n) is 3.63. The van der Waals surface area contributed by atoms with E-state index in [0.717, 1.165) is 48.2 Å². The number of aryl methyl sites for hydroxylation is 1. The van der Waals surface area contributed by atoms with Crippen LogP contribution in [0.4, 0.5) is 11.8 Å². The third-order valence-corrected chi connectivity index (χ3v) is 5.51. The number of aromatic nitrogens is 6. The number of amides is 1. The summed E-state index contributed by atoms with van der Waals surface area (Å²) in [5.41, 5.74) is 2.04. The van der Waals surface area contributed by atoms with Crippen molar-refractivity contribution in [2.24, 2.45) is 7.05 Å². The van der Waals surface area contributed by atoms with Gasteiger partial charge in [-0.1, -0.05) is 0 Å². The van der Waals surface area contributed by atoms with E-state index in [1.165, 1.54) is 0 Å². The Bertz CT molecular complexity index is 1280. The van der Waals surface area contributed by atoms with Crippen molar-refractivity contribution in [3.8, 4) is 11.3 Å². The Hall–Kier alpha value is -3.92. The topological polar surface area (TPSA) is 105 Å². The fourth-order valence-corrected chi connectivity index (χ4v) is 3.63. The first-order valence-corrected chi connectivity index (χ1v) is 10.4. The van der Waals surface area contributed by atoms with Gasteiger partial charge >= 0.3 is 0 Å². The first-order valence-electron chi connectivity index (χ1n) is 10.4. The zero-order valence-corrected chi connectivity index (χ0v) is 17.9. The Morgan fingerprint density at radius 2 is 1.78 bits per heavy atom. The van der Waals surface area contributed by atoms with E-state index >= 15 is 0 Å². The lowest BCUT2D eigenvalue weighted by atomic mass is 10.1. The smallest absolute Gasteiger partial charge is 0.275 e. The molecule has 0 aromatic carbocycles. The molecule has 10 nitrogen and oxygen atoms in total. The Kier molecular flexibility index (Phi) is 5.20. The summed E-state index contributed by atoms with van der Waals surface area (Å²) in [5, 5.41) is 8.85. The van der Waals surface area contributed by atoms with Crippen LogP contribution in [-0.4, -0.2) is 73.8 Å². The molecule has 10 heteroatoms. The van der Waals surface area contributed by atoms with Crippen LogP contribution >= 0.6 is 0 Å². The Morgan fingerprint density at radius 1 is 0.969 bits per heavy atom. The molecule has 1 amide bonds. The first-order chi connectivity index (χ1) is 15.5. The van der Waals surface area contributed by atoms with Gasteiger partial charge in [0.25, 0.3) is 5.91 Å². The molecule has 4 aromatic heterocycles. The maximum Gasteiger partial charge on any atom is 0.275 e. The van der Waals surface area contributed by atoms with Crippen molar-refractivity contribution in [3.63, 3.8) is 0 Å². The van der Waals surface area contributed by atoms with Gasteiger partial charge < -0.3 is 15.1 Å². The van der Waals surface area contributed by atoms with Gasteiger partial charge in [-0.3, -0.25) is 14.5 Å². The molecule has 0 bridgehead atoms. The summed E-state index contributed by atoms with van der Waals surface area (Å²) in [4.78, 5) is 34.8. The third kappa shape index (κ3) is 4.12. The van der Waals surface area contributed by atoms with Crippen LogP contribution in [0.15, 0.2) is 49.2 Å². The van der Waals surface area contributed by atoms with Crippen LogP contribution in [0.2, 0.25) is 0 Å². The van der Waals surface area contributed by atoms with E-state index in [9.17, 15) is 4.79 Å². The molecule has 1 saturated heterocycles. The average Bonchev–Trinajstić information content (AvgIpc) is 3.25. The quantitative estimate of drug-likeness (QED) is 0.524. The van der Waals surface area contributed by atoms with Crippen LogP contribution in [0.1, 0.15) is 10.5 Å². The molecule has 162 valence electrons. The van der Waals surface area contributed by atoms with Crippen LogP contribution in [0.3, 0.4) is 0 Å². The molecule has 1 fully saturated rings. The number of carbonyl (C=O) groups is 1. The van der Waals surface area contributed by atoms with E-state index in [-0.39, 0.29) is 5.91 Å². The number of carbonyl (C=O) groups excluding carboxylic acids is 1. The Balaban J connectivity index is 1.36. The van der Waals surface area contributed by atoms with Crippen molar-refractivity contribution in [3.05, 3.63) is 54.9 Å². The maximum atomic E-state index is 12.8. The van der Waals surface area contributed by atoms with Crippen molar-refractivity contribution in [2.75, 3.05) is 43.4 Å². The second-order valence-electron chi connectivity index (χ2n) is 7.88. The Labute approximate surface area is 184 Å².